The van der Waals surface area contributed by atoms with E-state index in [1.54, 1.807) is 0 Å². The van der Waals surface area contributed by atoms with Crippen molar-refractivity contribution in [3.05, 3.63) is 29.8 Å². The fourth-order valence-corrected chi connectivity index (χ4v) is 2.68. The van der Waals surface area contributed by atoms with Gasteiger partial charge in [-0.1, -0.05) is 32.0 Å². The normalized spacial score (nSPS) is 19.2. The number of para-hydroxylation sites is 1. The Morgan fingerprint density at radius 1 is 1.29 bits per heavy atom. The topological polar surface area (TPSA) is 43.1 Å². The first-order valence-electron chi connectivity index (χ1n) is 8.01. The van der Waals surface area contributed by atoms with Crippen molar-refractivity contribution in [3.8, 4) is 5.75 Å². The van der Waals surface area contributed by atoms with Crippen molar-refractivity contribution in [2.24, 2.45) is 0 Å². The molecule has 1 aromatic rings. The molecule has 1 aliphatic rings. The van der Waals surface area contributed by atoms with E-state index in [2.05, 4.69) is 19.9 Å². The lowest BCUT2D eigenvalue weighted by Crippen LogP contribution is -3.15. The van der Waals surface area contributed by atoms with E-state index in [1.807, 2.05) is 18.2 Å². The predicted molar refractivity (Wildman–Crippen MR) is 83.0 cm³/mol. The molecule has 2 atom stereocenters. The summed E-state index contributed by atoms with van der Waals surface area (Å²) in [4.78, 5) is 1.40. The largest absolute Gasteiger partial charge is 0.490 e. The highest BCUT2D eigenvalue weighted by Crippen LogP contribution is 2.28. The highest BCUT2D eigenvalue weighted by molar-refractivity contribution is 5.35. The van der Waals surface area contributed by atoms with E-state index in [0.717, 1.165) is 45.0 Å². The van der Waals surface area contributed by atoms with Crippen LogP contribution in [0.5, 0.6) is 5.75 Å². The Balaban J connectivity index is 1.84. The zero-order valence-corrected chi connectivity index (χ0v) is 13.2. The number of ether oxygens (including phenoxy) is 2. The van der Waals surface area contributed by atoms with Crippen LogP contribution in [0.4, 0.5) is 0 Å². The summed E-state index contributed by atoms with van der Waals surface area (Å²) in [6.07, 6.45) is 0.656. The Hall–Kier alpha value is -1.10. The maximum atomic E-state index is 10.2. The standard InChI is InChI=1S/C17H27NO3/c1-3-14(2)16-6-4-5-7-17(16)21-13-15(19)12-18-8-10-20-11-9-18/h4-7,14-15,19H,3,8-13H2,1-2H3/p+1/t14-,15+/m0/s1. The molecule has 0 unspecified atom stereocenters. The fraction of sp³-hybridized carbons (Fsp3) is 0.647. The highest BCUT2D eigenvalue weighted by atomic mass is 16.5. The SMILES string of the molecule is CC[C@H](C)c1ccccc1OC[C@H](O)C[NH+]1CCOCC1. The molecule has 2 rings (SSSR count). The van der Waals surface area contributed by atoms with E-state index in [0.29, 0.717) is 12.5 Å². The van der Waals surface area contributed by atoms with Crippen LogP contribution in [0.2, 0.25) is 0 Å². The van der Waals surface area contributed by atoms with E-state index in [-0.39, 0.29) is 0 Å². The molecule has 21 heavy (non-hydrogen) atoms. The number of hydrogen-bond acceptors (Lipinski definition) is 3. The Kier molecular flexibility index (Phi) is 6.49. The van der Waals surface area contributed by atoms with Gasteiger partial charge in [0.25, 0.3) is 0 Å². The summed E-state index contributed by atoms with van der Waals surface area (Å²) < 4.78 is 11.2. The summed E-state index contributed by atoms with van der Waals surface area (Å²) in [7, 11) is 0. The van der Waals surface area contributed by atoms with Gasteiger partial charge in [-0.2, -0.15) is 0 Å². The van der Waals surface area contributed by atoms with Crippen molar-refractivity contribution in [2.75, 3.05) is 39.5 Å². The molecule has 0 amide bonds. The molecular weight excluding hydrogens is 266 g/mol. The van der Waals surface area contributed by atoms with Crippen molar-refractivity contribution in [2.45, 2.75) is 32.3 Å². The van der Waals surface area contributed by atoms with Gasteiger partial charge < -0.3 is 19.5 Å². The molecule has 1 heterocycles. The van der Waals surface area contributed by atoms with E-state index in [1.165, 1.54) is 10.5 Å². The number of aliphatic hydroxyl groups is 1. The zero-order chi connectivity index (χ0) is 15.1. The van der Waals surface area contributed by atoms with Crippen LogP contribution < -0.4 is 9.64 Å². The molecule has 0 saturated carbocycles. The van der Waals surface area contributed by atoms with Gasteiger partial charge in [0.1, 0.15) is 38.1 Å². The number of quaternary nitrogens is 1. The lowest BCUT2D eigenvalue weighted by atomic mass is 9.98. The van der Waals surface area contributed by atoms with Gasteiger partial charge in [-0.3, -0.25) is 0 Å². The minimum Gasteiger partial charge on any atom is -0.490 e. The van der Waals surface area contributed by atoms with E-state index < -0.39 is 6.10 Å². The molecule has 0 spiro atoms. The maximum Gasteiger partial charge on any atom is 0.137 e. The highest BCUT2D eigenvalue weighted by Gasteiger charge is 2.19. The van der Waals surface area contributed by atoms with Crippen molar-refractivity contribution >= 4 is 0 Å². The van der Waals surface area contributed by atoms with E-state index in [9.17, 15) is 5.11 Å². The first-order valence-corrected chi connectivity index (χ1v) is 8.01. The molecule has 4 heteroatoms. The van der Waals surface area contributed by atoms with Crippen LogP contribution in [0.3, 0.4) is 0 Å². The first-order chi connectivity index (χ1) is 10.2. The van der Waals surface area contributed by atoms with Crippen LogP contribution in [0, 0.1) is 0 Å². The summed E-state index contributed by atoms with van der Waals surface area (Å²) >= 11 is 0. The van der Waals surface area contributed by atoms with Crippen LogP contribution >= 0.6 is 0 Å². The fourth-order valence-electron chi connectivity index (χ4n) is 2.68. The predicted octanol–water partition coefficient (Wildman–Crippen LogP) is 0.855. The molecular formula is C17H28NO3+. The van der Waals surface area contributed by atoms with Crippen LogP contribution in [-0.4, -0.2) is 50.7 Å². The Morgan fingerprint density at radius 3 is 2.71 bits per heavy atom. The second-order valence-corrected chi connectivity index (χ2v) is 5.88. The number of nitrogens with one attached hydrogen (secondary N) is 1. The van der Waals surface area contributed by atoms with Crippen LogP contribution in [0.1, 0.15) is 31.7 Å². The third-order valence-electron chi connectivity index (χ3n) is 4.22. The van der Waals surface area contributed by atoms with Crippen LogP contribution in [-0.2, 0) is 4.74 Å². The van der Waals surface area contributed by atoms with Gasteiger partial charge in [-0.25, -0.2) is 0 Å². The van der Waals surface area contributed by atoms with Gasteiger partial charge in [0.15, 0.2) is 0 Å². The average Bonchev–Trinajstić information content (AvgIpc) is 2.53. The molecule has 0 aromatic heterocycles. The number of rotatable bonds is 7. The number of benzene rings is 1. The average molecular weight is 294 g/mol. The third kappa shape index (κ3) is 4.99. The molecule has 0 radical (unpaired) electrons. The minimum absolute atomic E-state index is 0.359. The van der Waals surface area contributed by atoms with E-state index in [4.69, 9.17) is 9.47 Å². The van der Waals surface area contributed by atoms with Crippen LogP contribution in [0.15, 0.2) is 24.3 Å². The van der Waals surface area contributed by atoms with Crippen LogP contribution in [0.25, 0.3) is 0 Å². The second-order valence-electron chi connectivity index (χ2n) is 5.88. The quantitative estimate of drug-likeness (QED) is 0.784. The summed E-state index contributed by atoms with van der Waals surface area (Å²) in [5.41, 5.74) is 1.23. The maximum absolute atomic E-state index is 10.2. The van der Waals surface area contributed by atoms with Crippen molar-refractivity contribution in [1.29, 1.82) is 0 Å². The molecule has 1 fully saturated rings. The summed E-state index contributed by atoms with van der Waals surface area (Å²) in [6.45, 7) is 9.00. The van der Waals surface area contributed by atoms with Crippen molar-refractivity contribution in [3.63, 3.8) is 0 Å². The lowest BCUT2D eigenvalue weighted by Gasteiger charge is -2.26. The van der Waals surface area contributed by atoms with Gasteiger partial charge in [-0.15, -0.1) is 0 Å². The van der Waals surface area contributed by atoms with Gasteiger partial charge in [0.05, 0.1) is 13.2 Å². The monoisotopic (exact) mass is 294 g/mol. The smallest absolute Gasteiger partial charge is 0.137 e. The third-order valence-corrected chi connectivity index (χ3v) is 4.22. The second kappa shape index (κ2) is 8.37. The van der Waals surface area contributed by atoms with Gasteiger partial charge in [0, 0.05) is 0 Å². The summed E-state index contributed by atoms with van der Waals surface area (Å²) in [5.74, 6) is 1.38. The zero-order valence-electron chi connectivity index (χ0n) is 13.2. The Labute approximate surface area is 127 Å². The van der Waals surface area contributed by atoms with Gasteiger partial charge >= 0.3 is 0 Å². The van der Waals surface area contributed by atoms with Crippen molar-refractivity contribution < 1.29 is 19.5 Å². The van der Waals surface area contributed by atoms with Gasteiger partial charge in [0.2, 0.25) is 0 Å². The Morgan fingerprint density at radius 2 is 2.00 bits per heavy atom. The molecule has 2 N–H and O–H groups in total. The number of morpholine rings is 1. The molecule has 118 valence electrons. The summed E-state index contributed by atoms with van der Waals surface area (Å²) in [6, 6.07) is 8.14. The van der Waals surface area contributed by atoms with Crippen molar-refractivity contribution in [1.82, 2.24) is 0 Å². The number of hydrogen-bond donors (Lipinski definition) is 2. The number of aliphatic hydroxyl groups excluding tert-OH is 1. The molecule has 0 aliphatic carbocycles. The first kappa shape index (κ1) is 16.3. The Bertz CT molecular complexity index is 418. The molecule has 4 nitrogen and oxygen atoms in total. The minimum atomic E-state index is -0.428. The van der Waals surface area contributed by atoms with Gasteiger partial charge in [-0.05, 0) is 24.0 Å². The lowest BCUT2D eigenvalue weighted by molar-refractivity contribution is -0.911. The molecule has 1 saturated heterocycles. The van der Waals surface area contributed by atoms with E-state index >= 15 is 0 Å². The molecule has 1 aliphatic heterocycles. The summed E-state index contributed by atoms with van der Waals surface area (Å²) in [5, 5.41) is 10.2. The molecule has 1 aromatic carbocycles. The molecule has 0 bridgehead atoms.